The zero-order valence-electron chi connectivity index (χ0n) is 26.5. The summed E-state index contributed by atoms with van der Waals surface area (Å²) in [6, 6.07) is 33.8. The monoisotopic (exact) mass is 1400 g/mol. The second kappa shape index (κ2) is 17.2. The van der Waals surface area contributed by atoms with Crippen LogP contribution in [0.4, 0.5) is 26.3 Å². The van der Waals surface area contributed by atoms with Crippen molar-refractivity contribution in [3.8, 4) is 56.0 Å². The van der Waals surface area contributed by atoms with E-state index >= 15 is 0 Å². The number of hydrogen-bond acceptors (Lipinski definition) is 2. The van der Waals surface area contributed by atoms with Crippen LogP contribution in [0.2, 0.25) is 0 Å². The summed E-state index contributed by atoms with van der Waals surface area (Å²) in [6.45, 7) is 0. The third-order valence-corrected chi connectivity index (χ3v) is 13.1. The molecule has 272 valence electrons. The Morgan fingerprint density at radius 2 is 0.698 bits per heavy atom. The number of halogens is 12. The van der Waals surface area contributed by atoms with Gasteiger partial charge in [-0.2, -0.15) is 0 Å². The predicted octanol–water partition coefficient (Wildman–Crippen LogP) is 15.4. The summed E-state index contributed by atoms with van der Waals surface area (Å²) < 4.78 is 89.7. The lowest BCUT2D eigenvalue weighted by molar-refractivity contribution is -0.275. The molecular weight excluding hydrogens is 1380 g/mol. The Bertz CT molecular complexity index is 2100. The highest BCUT2D eigenvalue weighted by atomic mass is 127. The Morgan fingerprint density at radius 1 is 0.377 bits per heavy atom. The van der Waals surface area contributed by atoms with Crippen molar-refractivity contribution in [1.82, 2.24) is 0 Å². The van der Waals surface area contributed by atoms with Crippen LogP contribution in [0.3, 0.4) is 0 Å². The van der Waals surface area contributed by atoms with Crippen molar-refractivity contribution < 1.29 is 35.8 Å². The maximum absolute atomic E-state index is 12.7. The van der Waals surface area contributed by atoms with Gasteiger partial charge in [0.2, 0.25) is 0 Å². The molecule has 0 aliphatic heterocycles. The number of ether oxygens (including phenoxy) is 2. The number of benzene rings is 6. The first-order chi connectivity index (χ1) is 24.9. The summed E-state index contributed by atoms with van der Waals surface area (Å²) in [6.07, 6.45) is -8.73. The van der Waals surface area contributed by atoms with Crippen molar-refractivity contribution in [1.29, 1.82) is 0 Å². The summed E-state index contributed by atoms with van der Waals surface area (Å²) in [5.41, 5.74) is 10.1. The largest absolute Gasteiger partial charge is 0.573 e. The Labute approximate surface area is 383 Å². The minimum atomic E-state index is -4.74. The lowest BCUT2D eigenvalue weighted by atomic mass is 9.96. The summed E-state index contributed by atoms with van der Waals surface area (Å²) in [5, 5.41) is 0. The van der Waals surface area contributed by atoms with Crippen LogP contribution in [-0.4, -0.2) is 12.7 Å². The van der Waals surface area contributed by atoms with E-state index in [0.717, 1.165) is 76.3 Å². The summed E-state index contributed by atoms with van der Waals surface area (Å²) >= 11 is 13.3. The van der Waals surface area contributed by atoms with Gasteiger partial charge in [0, 0.05) is 32.5 Å². The maximum atomic E-state index is 12.7. The lowest BCUT2D eigenvalue weighted by Crippen LogP contribution is -2.17. The fourth-order valence-electron chi connectivity index (χ4n) is 5.68. The Kier molecular flexibility index (Phi) is 13.4. The van der Waals surface area contributed by atoms with Gasteiger partial charge in [0.05, 0.1) is 0 Å². The van der Waals surface area contributed by atoms with Crippen molar-refractivity contribution in [3.63, 3.8) is 0 Å². The molecule has 0 bridgehead atoms. The van der Waals surface area contributed by atoms with Crippen LogP contribution in [0.25, 0.3) is 44.5 Å². The van der Waals surface area contributed by atoms with Gasteiger partial charge in [-0.15, -0.1) is 26.3 Å². The molecule has 0 saturated carbocycles. The van der Waals surface area contributed by atoms with Gasteiger partial charge in [-0.1, -0.05) is 48.5 Å². The molecule has 6 rings (SSSR count). The lowest BCUT2D eigenvalue weighted by Gasteiger charge is -2.15. The molecule has 0 unspecified atom stereocenters. The number of hydrogen-bond donors (Lipinski definition) is 0. The van der Waals surface area contributed by atoms with Crippen LogP contribution < -0.4 is 9.47 Å². The predicted molar refractivity (Wildman–Crippen MR) is 247 cm³/mol. The average Bonchev–Trinajstić information content (AvgIpc) is 3.04. The second-order valence-electron chi connectivity index (χ2n) is 11.6. The maximum Gasteiger partial charge on any atom is 0.573 e. The van der Waals surface area contributed by atoms with Gasteiger partial charge in [-0.3, -0.25) is 0 Å². The molecule has 14 heteroatoms. The molecule has 6 aromatic carbocycles. The summed E-state index contributed by atoms with van der Waals surface area (Å²) in [5.74, 6) is -0.494. The molecular formula is C39H20F6I6O2. The molecule has 0 N–H and O–H groups in total. The highest BCUT2D eigenvalue weighted by Crippen LogP contribution is 2.40. The van der Waals surface area contributed by atoms with Gasteiger partial charge in [0.15, 0.2) is 0 Å². The molecule has 0 aliphatic carbocycles. The van der Waals surface area contributed by atoms with E-state index in [-0.39, 0.29) is 11.5 Å². The highest BCUT2D eigenvalue weighted by Gasteiger charge is 2.32. The molecule has 0 aliphatic rings. The molecule has 0 atom stereocenters. The van der Waals surface area contributed by atoms with Gasteiger partial charge in [0.25, 0.3) is 0 Å². The van der Waals surface area contributed by atoms with Gasteiger partial charge in [0.1, 0.15) is 11.5 Å². The zero-order valence-corrected chi connectivity index (χ0v) is 39.4. The fourth-order valence-corrected chi connectivity index (χ4v) is 12.1. The Hall–Kier alpha value is -1.12. The van der Waals surface area contributed by atoms with Crippen LogP contribution in [0.5, 0.6) is 11.5 Å². The van der Waals surface area contributed by atoms with Gasteiger partial charge >= 0.3 is 12.7 Å². The van der Waals surface area contributed by atoms with Crippen molar-refractivity contribution in [2.75, 3.05) is 0 Å². The first-order valence-electron chi connectivity index (χ1n) is 15.2. The average molecular weight is 1400 g/mol. The van der Waals surface area contributed by atoms with E-state index in [4.69, 9.17) is 0 Å². The molecule has 0 saturated heterocycles. The first kappa shape index (κ1) is 41.5. The van der Waals surface area contributed by atoms with Crippen molar-refractivity contribution >= 4 is 136 Å². The summed E-state index contributed by atoms with van der Waals surface area (Å²) in [4.78, 5) is 0. The Morgan fingerprint density at radius 3 is 0.981 bits per heavy atom. The number of alkyl halides is 6. The zero-order chi connectivity index (χ0) is 38.2. The van der Waals surface area contributed by atoms with Crippen molar-refractivity contribution in [2.45, 2.75) is 19.1 Å². The quantitative estimate of drug-likeness (QED) is 0.112. The van der Waals surface area contributed by atoms with Crippen LogP contribution in [0, 0.1) is 21.4 Å². The van der Waals surface area contributed by atoms with E-state index < -0.39 is 12.7 Å². The SMILES string of the molecule is FC(F)(F)Oc1ccc(-c2cc(I)c(-c3ccc(Cc4ccc(-c5c(I)cc(-c6ccc(OC(F)(F)F)cc6I)cc5I)cc4)cc3)c(I)c2)c(I)c1. The molecule has 2 nitrogen and oxygen atoms in total. The van der Waals surface area contributed by atoms with Crippen LogP contribution in [0.1, 0.15) is 11.1 Å². The molecule has 0 amide bonds. The van der Waals surface area contributed by atoms with E-state index in [1.165, 1.54) is 24.3 Å². The van der Waals surface area contributed by atoms with E-state index in [1.807, 2.05) is 69.4 Å². The smallest absolute Gasteiger partial charge is 0.406 e. The first-order valence-corrected chi connectivity index (χ1v) is 21.7. The second-order valence-corrected chi connectivity index (χ2v) is 18.6. The normalized spacial score (nSPS) is 11.8. The number of rotatable bonds is 8. The fraction of sp³-hybridized carbons (Fsp3) is 0.0769. The van der Waals surface area contributed by atoms with E-state index in [1.54, 1.807) is 12.1 Å². The van der Waals surface area contributed by atoms with Crippen molar-refractivity contribution in [2.24, 2.45) is 0 Å². The molecule has 0 heterocycles. The molecule has 0 aromatic heterocycles. The highest BCUT2D eigenvalue weighted by molar-refractivity contribution is 14.1. The molecule has 0 fully saturated rings. The standard InChI is InChI=1S/C39H20F6I6O2/c40-38(41,42)52-26-9-11-28(30(46)18-26)24-14-32(48)36(33(49)15-24)22-5-1-20(2-6-22)13-21-3-7-23(8-4-21)37-34(50)16-25(17-35(37)51)29-12-10-27(19-31(29)47)53-39(43,44)45/h1-12,14-19H,13H2. The Balaban J connectivity index is 1.16. The topological polar surface area (TPSA) is 18.5 Å². The minimum absolute atomic E-state index is 0.247. The third-order valence-electron chi connectivity index (χ3n) is 7.95. The molecule has 53 heavy (non-hydrogen) atoms. The molecule has 6 aromatic rings. The van der Waals surface area contributed by atoms with E-state index in [2.05, 4.69) is 148 Å². The van der Waals surface area contributed by atoms with E-state index in [0.29, 0.717) is 7.14 Å². The molecule has 0 radical (unpaired) electrons. The van der Waals surface area contributed by atoms with Gasteiger partial charge < -0.3 is 9.47 Å². The minimum Gasteiger partial charge on any atom is -0.406 e. The van der Waals surface area contributed by atoms with Crippen LogP contribution in [-0.2, 0) is 6.42 Å². The van der Waals surface area contributed by atoms with Gasteiger partial charge in [-0.25, -0.2) is 0 Å². The molecule has 0 spiro atoms. The van der Waals surface area contributed by atoms with Gasteiger partial charge in [-0.05, 0) is 247 Å². The van der Waals surface area contributed by atoms with Crippen molar-refractivity contribution in [3.05, 3.63) is 142 Å². The van der Waals surface area contributed by atoms with E-state index in [9.17, 15) is 26.3 Å². The van der Waals surface area contributed by atoms with Crippen LogP contribution >= 0.6 is 136 Å². The third kappa shape index (κ3) is 10.6. The summed E-state index contributed by atoms with van der Waals surface area (Å²) in [7, 11) is 0. The van der Waals surface area contributed by atoms with Crippen LogP contribution in [0.15, 0.2) is 109 Å².